The molecule has 0 amide bonds. The molecule has 2 heterocycles. The van der Waals surface area contributed by atoms with Crippen LogP contribution in [-0.4, -0.2) is 15.0 Å². The van der Waals surface area contributed by atoms with Crippen molar-refractivity contribution in [3.8, 4) is 11.6 Å². The molecule has 0 unspecified atom stereocenters. The minimum absolute atomic E-state index is 0.480. The summed E-state index contributed by atoms with van der Waals surface area (Å²) in [7, 11) is 0. The molecule has 0 aromatic carbocycles. The number of hydrogen-bond donors (Lipinski definition) is 0. The summed E-state index contributed by atoms with van der Waals surface area (Å²) in [5.74, 6) is 1.12. The molecule has 0 bridgehead atoms. The van der Waals surface area contributed by atoms with E-state index in [0.29, 0.717) is 16.1 Å². The summed E-state index contributed by atoms with van der Waals surface area (Å²) in [6, 6.07) is 3.60. The highest BCUT2D eigenvalue weighted by atomic mass is 79.9. The molecule has 0 aliphatic carbocycles. The molecule has 2 aromatic heterocycles. The number of hydrogen-bond acceptors (Lipinski definition) is 4. The van der Waals surface area contributed by atoms with Crippen LogP contribution in [0.4, 0.5) is 0 Å². The molecule has 0 fully saturated rings. The predicted octanol–water partition coefficient (Wildman–Crippen LogP) is 2.43. The Balaban J connectivity index is 2.24. The maximum absolute atomic E-state index is 5.45. The van der Waals surface area contributed by atoms with E-state index < -0.39 is 0 Å². The highest BCUT2D eigenvalue weighted by Gasteiger charge is 2.02. The molecule has 2 aromatic rings. The van der Waals surface area contributed by atoms with Gasteiger partial charge in [0.15, 0.2) is 0 Å². The van der Waals surface area contributed by atoms with Crippen LogP contribution < -0.4 is 4.74 Å². The minimum atomic E-state index is 0.480. The zero-order valence-electron chi connectivity index (χ0n) is 7.09. The van der Waals surface area contributed by atoms with Gasteiger partial charge in [0.2, 0.25) is 5.88 Å². The van der Waals surface area contributed by atoms with E-state index in [9.17, 15) is 0 Å². The number of rotatable bonds is 2. The first-order valence-electron chi connectivity index (χ1n) is 3.89. The SMILES string of the molecule is Brc1cncnc1Oc1cccnc1. The van der Waals surface area contributed by atoms with E-state index >= 15 is 0 Å². The Bertz CT molecular complexity index is 421. The van der Waals surface area contributed by atoms with Crippen molar-refractivity contribution in [1.29, 1.82) is 0 Å². The molecule has 2 rings (SSSR count). The molecule has 5 heteroatoms. The average molecular weight is 252 g/mol. The largest absolute Gasteiger partial charge is 0.436 e. The quantitative estimate of drug-likeness (QED) is 0.823. The zero-order chi connectivity index (χ0) is 9.80. The van der Waals surface area contributed by atoms with Gasteiger partial charge in [0.25, 0.3) is 0 Å². The van der Waals surface area contributed by atoms with Gasteiger partial charge in [-0.3, -0.25) is 4.98 Å². The van der Waals surface area contributed by atoms with Crippen LogP contribution in [0.5, 0.6) is 11.6 Å². The molecule has 0 spiro atoms. The third-order valence-electron chi connectivity index (χ3n) is 1.48. The minimum Gasteiger partial charge on any atom is -0.436 e. The Kier molecular flexibility index (Phi) is 2.69. The summed E-state index contributed by atoms with van der Waals surface area (Å²) in [5.41, 5.74) is 0. The average Bonchev–Trinajstić information content (AvgIpc) is 2.23. The van der Waals surface area contributed by atoms with E-state index in [1.807, 2.05) is 6.07 Å². The second-order valence-electron chi connectivity index (χ2n) is 2.47. The van der Waals surface area contributed by atoms with Crippen LogP contribution in [-0.2, 0) is 0 Å². The fraction of sp³-hybridized carbons (Fsp3) is 0. The Morgan fingerprint density at radius 1 is 1.21 bits per heavy atom. The second kappa shape index (κ2) is 4.15. The summed E-state index contributed by atoms with van der Waals surface area (Å²) in [4.78, 5) is 11.7. The molecule has 4 nitrogen and oxygen atoms in total. The van der Waals surface area contributed by atoms with Crippen LogP contribution in [0.1, 0.15) is 0 Å². The van der Waals surface area contributed by atoms with E-state index in [2.05, 4.69) is 30.9 Å². The number of halogens is 1. The molecule has 0 radical (unpaired) electrons. The summed E-state index contributed by atoms with van der Waals surface area (Å²) in [5, 5.41) is 0. The molecule has 14 heavy (non-hydrogen) atoms. The number of ether oxygens (including phenoxy) is 1. The van der Waals surface area contributed by atoms with Crippen LogP contribution in [0.2, 0.25) is 0 Å². The molecule has 0 saturated heterocycles. The molecule has 0 atom stereocenters. The topological polar surface area (TPSA) is 47.9 Å². The van der Waals surface area contributed by atoms with Crippen LogP contribution in [0.3, 0.4) is 0 Å². The van der Waals surface area contributed by atoms with E-state index in [0.717, 1.165) is 0 Å². The van der Waals surface area contributed by atoms with Crippen molar-refractivity contribution >= 4 is 15.9 Å². The van der Waals surface area contributed by atoms with Gasteiger partial charge >= 0.3 is 0 Å². The molecule has 0 N–H and O–H groups in total. The second-order valence-corrected chi connectivity index (χ2v) is 3.32. The van der Waals surface area contributed by atoms with Gasteiger partial charge in [-0.15, -0.1) is 0 Å². The van der Waals surface area contributed by atoms with Gasteiger partial charge in [0.05, 0.1) is 10.7 Å². The Labute approximate surface area is 89.1 Å². The lowest BCUT2D eigenvalue weighted by atomic mass is 10.5. The van der Waals surface area contributed by atoms with Gasteiger partial charge in [-0.2, -0.15) is 0 Å². The summed E-state index contributed by atoms with van der Waals surface area (Å²) >= 11 is 3.28. The maximum Gasteiger partial charge on any atom is 0.236 e. The fourth-order valence-corrected chi connectivity index (χ4v) is 1.20. The first kappa shape index (κ1) is 9.08. The predicted molar refractivity (Wildman–Crippen MR) is 54.0 cm³/mol. The first-order valence-corrected chi connectivity index (χ1v) is 4.69. The number of aromatic nitrogens is 3. The molecule has 0 aliphatic heterocycles. The van der Waals surface area contributed by atoms with Gasteiger partial charge in [-0.25, -0.2) is 9.97 Å². The third kappa shape index (κ3) is 2.05. The highest BCUT2D eigenvalue weighted by Crippen LogP contribution is 2.24. The van der Waals surface area contributed by atoms with Gasteiger partial charge in [-0.1, -0.05) is 0 Å². The van der Waals surface area contributed by atoms with E-state index in [1.165, 1.54) is 6.33 Å². The first-order chi connectivity index (χ1) is 6.86. The van der Waals surface area contributed by atoms with Crippen LogP contribution >= 0.6 is 15.9 Å². The Hall–Kier alpha value is -1.49. The summed E-state index contributed by atoms with van der Waals surface area (Å²) in [6.07, 6.45) is 6.35. The number of nitrogens with zero attached hydrogens (tertiary/aromatic N) is 3. The lowest BCUT2D eigenvalue weighted by molar-refractivity contribution is 0.456. The zero-order valence-corrected chi connectivity index (χ0v) is 8.68. The molecule has 70 valence electrons. The normalized spacial score (nSPS) is 9.79. The molecule has 0 saturated carbocycles. The van der Waals surface area contributed by atoms with Crippen molar-refractivity contribution in [1.82, 2.24) is 15.0 Å². The Morgan fingerprint density at radius 2 is 2.14 bits per heavy atom. The van der Waals surface area contributed by atoms with E-state index in [-0.39, 0.29) is 0 Å². The monoisotopic (exact) mass is 251 g/mol. The Morgan fingerprint density at radius 3 is 2.86 bits per heavy atom. The van der Waals surface area contributed by atoms with Gasteiger partial charge in [0, 0.05) is 12.4 Å². The molecular weight excluding hydrogens is 246 g/mol. The lowest BCUT2D eigenvalue weighted by Crippen LogP contribution is -1.89. The standard InChI is InChI=1S/C9H6BrN3O/c10-8-5-12-6-13-9(8)14-7-2-1-3-11-4-7/h1-6H. The van der Waals surface area contributed by atoms with Crippen molar-refractivity contribution in [2.45, 2.75) is 0 Å². The smallest absolute Gasteiger partial charge is 0.236 e. The van der Waals surface area contributed by atoms with Crippen molar-refractivity contribution in [2.24, 2.45) is 0 Å². The maximum atomic E-state index is 5.45. The van der Waals surface area contributed by atoms with Crippen molar-refractivity contribution in [3.05, 3.63) is 41.5 Å². The van der Waals surface area contributed by atoms with Crippen molar-refractivity contribution in [3.63, 3.8) is 0 Å². The van der Waals surface area contributed by atoms with Gasteiger partial charge in [0.1, 0.15) is 12.1 Å². The van der Waals surface area contributed by atoms with Gasteiger partial charge < -0.3 is 4.74 Å². The van der Waals surface area contributed by atoms with Crippen LogP contribution in [0, 0.1) is 0 Å². The summed E-state index contributed by atoms with van der Waals surface area (Å²) < 4.78 is 6.16. The molecular formula is C9H6BrN3O. The summed E-state index contributed by atoms with van der Waals surface area (Å²) in [6.45, 7) is 0. The fourth-order valence-electron chi connectivity index (χ4n) is 0.896. The van der Waals surface area contributed by atoms with Crippen molar-refractivity contribution < 1.29 is 4.74 Å². The number of pyridine rings is 1. The highest BCUT2D eigenvalue weighted by molar-refractivity contribution is 9.10. The third-order valence-corrected chi connectivity index (χ3v) is 2.03. The van der Waals surface area contributed by atoms with Gasteiger partial charge in [-0.05, 0) is 28.1 Å². The van der Waals surface area contributed by atoms with E-state index in [4.69, 9.17) is 4.74 Å². The van der Waals surface area contributed by atoms with E-state index in [1.54, 1.807) is 24.7 Å². The lowest BCUT2D eigenvalue weighted by Gasteiger charge is -2.03. The van der Waals surface area contributed by atoms with Crippen LogP contribution in [0.25, 0.3) is 0 Å². The van der Waals surface area contributed by atoms with Crippen molar-refractivity contribution in [2.75, 3.05) is 0 Å². The molecule has 0 aliphatic rings. The van der Waals surface area contributed by atoms with Crippen LogP contribution in [0.15, 0.2) is 41.5 Å².